The van der Waals surface area contributed by atoms with Crippen LogP contribution in [0.2, 0.25) is 5.02 Å². The first-order valence-electron chi connectivity index (χ1n) is 5.29. The van der Waals surface area contributed by atoms with Crippen molar-refractivity contribution < 1.29 is 13.2 Å². The zero-order valence-corrected chi connectivity index (χ0v) is 11.0. The molecule has 96 valence electrons. The fraction of sp³-hybridized carbons (Fsp3) is 0.500. The van der Waals surface area contributed by atoms with Crippen molar-refractivity contribution in [3.63, 3.8) is 0 Å². The average Bonchev–Trinajstić information content (AvgIpc) is 2.19. The first-order chi connectivity index (χ1) is 7.87. The van der Waals surface area contributed by atoms with Gasteiger partial charge in [-0.05, 0) is 24.1 Å². The molecule has 17 heavy (non-hydrogen) atoms. The summed E-state index contributed by atoms with van der Waals surface area (Å²) in [6.07, 6.45) is -4.00. The van der Waals surface area contributed by atoms with Crippen LogP contribution in [0.15, 0.2) is 24.3 Å². The predicted molar refractivity (Wildman–Crippen MR) is 67.7 cm³/mol. The maximum Gasteiger partial charge on any atom is 0.389 e. The van der Waals surface area contributed by atoms with Crippen LogP contribution in [0, 0.1) is 0 Å². The van der Waals surface area contributed by atoms with Crippen LogP contribution in [0.5, 0.6) is 0 Å². The second kappa shape index (κ2) is 6.55. The Balaban J connectivity index is 2.30. The summed E-state index contributed by atoms with van der Waals surface area (Å²) in [5.74, 6) is 0.123. The summed E-state index contributed by atoms with van der Waals surface area (Å²) in [6, 6.07) is 7.40. The number of rotatable bonds is 5. The van der Waals surface area contributed by atoms with E-state index >= 15 is 0 Å². The van der Waals surface area contributed by atoms with Crippen LogP contribution in [0.3, 0.4) is 0 Å². The highest BCUT2D eigenvalue weighted by molar-refractivity contribution is 7.99. The lowest BCUT2D eigenvalue weighted by Crippen LogP contribution is -2.10. The average molecular weight is 283 g/mol. The molecule has 0 aromatic heterocycles. The summed E-state index contributed by atoms with van der Waals surface area (Å²) >= 11 is 7.10. The molecule has 0 aliphatic carbocycles. The van der Waals surface area contributed by atoms with Gasteiger partial charge in [-0.3, -0.25) is 0 Å². The Bertz CT molecular complexity index is 335. The highest BCUT2D eigenvalue weighted by Crippen LogP contribution is 2.25. The maximum absolute atomic E-state index is 11.9. The Morgan fingerprint density at radius 3 is 2.35 bits per heavy atom. The van der Waals surface area contributed by atoms with E-state index in [9.17, 15) is 13.2 Å². The van der Waals surface area contributed by atoms with E-state index in [-0.39, 0.29) is 11.0 Å². The molecule has 1 aromatic rings. The largest absolute Gasteiger partial charge is 0.389 e. The lowest BCUT2D eigenvalue weighted by molar-refractivity contribution is -0.129. The standard InChI is InChI=1S/C12H14ClF3S/c1-9(17-7-6-12(14,15)16)8-10-2-4-11(13)5-3-10/h2-5,9H,6-8H2,1H3. The molecule has 1 aromatic carbocycles. The van der Waals surface area contributed by atoms with Crippen molar-refractivity contribution in [3.05, 3.63) is 34.9 Å². The monoisotopic (exact) mass is 282 g/mol. The Labute approximate surface area is 109 Å². The molecule has 0 nitrogen and oxygen atoms in total. The van der Waals surface area contributed by atoms with Crippen LogP contribution in [0.1, 0.15) is 18.9 Å². The summed E-state index contributed by atoms with van der Waals surface area (Å²) in [5, 5.41) is 0.852. The molecule has 0 fully saturated rings. The van der Waals surface area contributed by atoms with Gasteiger partial charge >= 0.3 is 6.18 Å². The SMILES string of the molecule is CC(Cc1ccc(Cl)cc1)SCCC(F)(F)F. The summed E-state index contributed by atoms with van der Waals surface area (Å²) < 4.78 is 35.8. The Morgan fingerprint density at radius 1 is 1.24 bits per heavy atom. The first kappa shape index (κ1) is 14.7. The molecule has 5 heteroatoms. The van der Waals surface area contributed by atoms with E-state index < -0.39 is 12.6 Å². The zero-order valence-electron chi connectivity index (χ0n) is 9.43. The fourth-order valence-corrected chi connectivity index (χ4v) is 2.58. The van der Waals surface area contributed by atoms with Gasteiger partial charge in [0.1, 0.15) is 0 Å². The van der Waals surface area contributed by atoms with Crippen molar-refractivity contribution in [2.75, 3.05) is 5.75 Å². The Hall–Kier alpha value is -0.350. The number of thioether (sulfide) groups is 1. The molecule has 0 saturated carbocycles. The van der Waals surface area contributed by atoms with Gasteiger partial charge in [0.05, 0.1) is 6.42 Å². The fourth-order valence-electron chi connectivity index (χ4n) is 1.39. The zero-order chi connectivity index (χ0) is 12.9. The molecule has 1 atom stereocenters. The van der Waals surface area contributed by atoms with Gasteiger partial charge < -0.3 is 0 Å². The summed E-state index contributed by atoms with van der Waals surface area (Å²) in [6.45, 7) is 1.94. The van der Waals surface area contributed by atoms with Crippen LogP contribution < -0.4 is 0 Å². The molecular formula is C12H14ClF3S. The van der Waals surface area contributed by atoms with E-state index in [0.29, 0.717) is 5.02 Å². The van der Waals surface area contributed by atoms with E-state index in [1.54, 1.807) is 12.1 Å². The van der Waals surface area contributed by atoms with Crippen molar-refractivity contribution >= 4 is 23.4 Å². The number of benzene rings is 1. The minimum absolute atomic E-state index is 0.123. The predicted octanol–water partition coefficient (Wildman–Crippen LogP) is 4.96. The van der Waals surface area contributed by atoms with Gasteiger partial charge in [0.15, 0.2) is 0 Å². The number of hydrogen-bond acceptors (Lipinski definition) is 1. The highest BCUT2D eigenvalue weighted by Gasteiger charge is 2.26. The number of hydrogen-bond donors (Lipinski definition) is 0. The number of halogens is 4. The molecule has 0 aliphatic rings. The lowest BCUT2D eigenvalue weighted by Gasteiger charge is -2.12. The van der Waals surface area contributed by atoms with Gasteiger partial charge in [0.25, 0.3) is 0 Å². The van der Waals surface area contributed by atoms with Crippen LogP contribution in [0.4, 0.5) is 13.2 Å². The summed E-state index contributed by atoms with van der Waals surface area (Å²) in [7, 11) is 0. The van der Waals surface area contributed by atoms with E-state index in [0.717, 1.165) is 12.0 Å². The highest BCUT2D eigenvalue weighted by atomic mass is 35.5. The quantitative estimate of drug-likeness (QED) is 0.736. The minimum atomic E-state index is -4.05. The Kier molecular flexibility index (Phi) is 5.67. The molecule has 0 saturated heterocycles. The van der Waals surface area contributed by atoms with Crippen molar-refractivity contribution in [2.45, 2.75) is 31.2 Å². The molecular weight excluding hydrogens is 269 g/mol. The second-order valence-corrected chi connectivity index (χ2v) is 5.86. The van der Waals surface area contributed by atoms with Crippen LogP contribution in [0.25, 0.3) is 0 Å². The molecule has 0 bridgehead atoms. The molecule has 0 spiro atoms. The minimum Gasteiger partial charge on any atom is -0.171 e. The van der Waals surface area contributed by atoms with Gasteiger partial charge in [0.2, 0.25) is 0 Å². The third-order valence-electron chi connectivity index (χ3n) is 2.22. The van der Waals surface area contributed by atoms with Crippen molar-refractivity contribution in [2.24, 2.45) is 0 Å². The molecule has 0 radical (unpaired) electrons. The van der Waals surface area contributed by atoms with Crippen LogP contribution in [-0.2, 0) is 6.42 Å². The van der Waals surface area contributed by atoms with Gasteiger partial charge in [-0.25, -0.2) is 0 Å². The van der Waals surface area contributed by atoms with Crippen molar-refractivity contribution in [1.29, 1.82) is 0 Å². The lowest BCUT2D eigenvalue weighted by atomic mass is 10.1. The first-order valence-corrected chi connectivity index (χ1v) is 6.72. The molecule has 1 unspecified atom stereocenters. The normalized spacial score (nSPS) is 13.7. The van der Waals surface area contributed by atoms with Gasteiger partial charge in [0, 0.05) is 16.0 Å². The van der Waals surface area contributed by atoms with Crippen LogP contribution >= 0.6 is 23.4 Å². The summed E-state index contributed by atoms with van der Waals surface area (Å²) in [4.78, 5) is 0. The molecule has 0 N–H and O–H groups in total. The Morgan fingerprint density at radius 2 is 1.82 bits per heavy atom. The van der Waals surface area contributed by atoms with Crippen molar-refractivity contribution in [1.82, 2.24) is 0 Å². The second-order valence-electron chi connectivity index (χ2n) is 3.88. The third-order valence-corrected chi connectivity index (χ3v) is 3.65. The van der Waals surface area contributed by atoms with Gasteiger partial charge in [-0.2, -0.15) is 24.9 Å². The third kappa shape index (κ3) is 6.84. The molecule has 1 rings (SSSR count). The van der Waals surface area contributed by atoms with E-state index in [1.165, 1.54) is 11.8 Å². The van der Waals surface area contributed by atoms with E-state index in [1.807, 2.05) is 19.1 Å². The smallest absolute Gasteiger partial charge is 0.171 e. The van der Waals surface area contributed by atoms with E-state index in [2.05, 4.69) is 0 Å². The molecule has 0 amide bonds. The maximum atomic E-state index is 11.9. The number of alkyl halides is 3. The van der Waals surface area contributed by atoms with Gasteiger partial charge in [-0.1, -0.05) is 30.7 Å². The molecule has 0 aliphatic heterocycles. The topological polar surface area (TPSA) is 0 Å². The summed E-state index contributed by atoms with van der Waals surface area (Å²) in [5.41, 5.74) is 1.10. The van der Waals surface area contributed by atoms with Gasteiger partial charge in [-0.15, -0.1) is 0 Å². The van der Waals surface area contributed by atoms with E-state index in [4.69, 9.17) is 11.6 Å². The molecule has 0 heterocycles. The van der Waals surface area contributed by atoms with Crippen molar-refractivity contribution in [3.8, 4) is 0 Å². The van der Waals surface area contributed by atoms with Crippen LogP contribution in [-0.4, -0.2) is 17.2 Å².